The van der Waals surface area contributed by atoms with E-state index in [2.05, 4.69) is 15.9 Å². The van der Waals surface area contributed by atoms with Gasteiger partial charge in [-0.3, -0.25) is 0 Å². The lowest BCUT2D eigenvalue weighted by Crippen LogP contribution is -2.38. The lowest BCUT2D eigenvalue weighted by Gasteiger charge is -2.25. The van der Waals surface area contributed by atoms with E-state index in [0.29, 0.717) is 13.2 Å². The molecule has 0 aliphatic heterocycles. The number of amides is 1. The monoisotopic (exact) mass is 281 g/mol. The van der Waals surface area contributed by atoms with Crippen molar-refractivity contribution in [2.45, 2.75) is 31.2 Å². The van der Waals surface area contributed by atoms with Gasteiger partial charge in [0, 0.05) is 20.7 Å². The molecule has 0 radical (unpaired) electrons. The van der Waals surface area contributed by atoms with Gasteiger partial charge in [0.15, 0.2) is 0 Å². The van der Waals surface area contributed by atoms with Gasteiger partial charge in [-0.2, -0.15) is 0 Å². The molecule has 0 saturated carbocycles. The van der Waals surface area contributed by atoms with Gasteiger partial charge in [0.05, 0.1) is 11.4 Å². The summed E-state index contributed by atoms with van der Waals surface area (Å²) in [5.41, 5.74) is -0.450. The van der Waals surface area contributed by atoms with Crippen LogP contribution < -0.4 is 0 Å². The number of nitrogens with zero attached hydrogens (tertiary/aromatic N) is 1. The van der Waals surface area contributed by atoms with Crippen LogP contribution in [0.3, 0.4) is 0 Å². The van der Waals surface area contributed by atoms with Gasteiger partial charge in [-0.05, 0) is 20.8 Å². The third-order valence-corrected chi connectivity index (χ3v) is 2.08. The van der Waals surface area contributed by atoms with Crippen molar-refractivity contribution in [1.82, 2.24) is 4.90 Å². The highest BCUT2D eigenvalue weighted by atomic mass is 79.9. The van der Waals surface area contributed by atoms with Crippen molar-refractivity contribution in [3.8, 4) is 0 Å². The maximum absolute atomic E-state index is 11.5. The van der Waals surface area contributed by atoms with Crippen LogP contribution in [0.5, 0.6) is 0 Å². The fourth-order valence-electron chi connectivity index (χ4n) is 0.945. The molecule has 15 heavy (non-hydrogen) atoms. The zero-order chi connectivity index (χ0) is 12.1. The van der Waals surface area contributed by atoms with Crippen LogP contribution in [0.15, 0.2) is 0 Å². The molecule has 0 rings (SSSR count). The third kappa shape index (κ3) is 7.62. The maximum Gasteiger partial charge on any atom is 0.410 e. The van der Waals surface area contributed by atoms with Gasteiger partial charge in [0.2, 0.25) is 0 Å². The summed E-state index contributed by atoms with van der Waals surface area (Å²) in [5.74, 6) is 0. The molecule has 0 aliphatic rings. The van der Waals surface area contributed by atoms with E-state index >= 15 is 0 Å². The van der Waals surface area contributed by atoms with Crippen molar-refractivity contribution in [3.63, 3.8) is 0 Å². The van der Waals surface area contributed by atoms with Gasteiger partial charge in [-0.15, -0.1) is 0 Å². The highest BCUT2D eigenvalue weighted by molar-refractivity contribution is 9.09. The van der Waals surface area contributed by atoms with Crippen LogP contribution in [0.4, 0.5) is 4.79 Å². The van der Waals surface area contributed by atoms with E-state index in [1.54, 1.807) is 14.2 Å². The van der Waals surface area contributed by atoms with E-state index < -0.39 is 5.60 Å². The molecule has 0 saturated heterocycles. The van der Waals surface area contributed by atoms with Gasteiger partial charge in [-0.25, -0.2) is 4.79 Å². The second-order valence-electron chi connectivity index (χ2n) is 4.41. The predicted octanol–water partition coefficient (Wildman–Crippen LogP) is 2.26. The standard InChI is InChI=1S/C10H20BrNO3/c1-10(2,3)15-9(13)12(4)6-8(11)7-14-5/h8H,6-7H2,1-5H3/t8-/m0/s1. The van der Waals surface area contributed by atoms with Crippen LogP contribution in [0.25, 0.3) is 0 Å². The Labute approximate surface area is 100 Å². The van der Waals surface area contributed by atoms with Crippen molar-refractivity contribution in [2.24, 2.45) is 0 Å². The van der Waals surface area contributed by atoms with Gasteiger partial charge in [0.1, 0.15) is 5.60 Å². The summed E-state index contributed by atoms with van der Waals surface area (Å²) in [6, 6.07) is 0. The molecule has 0 fully saturated rings. The summed E-state index contributed by atoms with van der Waals surface area (Å²) < 4.78 is 10.2. The third-order valence-electron chi connectivity index (χ3n) is 1.52. The Morgan fingerprint density at radius 2 is 2.00 bits per heavy atom. The molecule has 1 amide bonds. The molecule has 0 aromatic rings. The van der Waals surface area contributed by atoms with E-state index in [1.807, 2.05) is 20.8 Å². The van der Waals surface area contributed by atoms with Crippen molar-refractivity contribution in [2.75, 3.05) is 27.3 Å². The Morgan fingerprint density at radius 1 is 1.47 bits per heavy atom. The molecule has 0 N–H and O–H groups in total. The van der Waals surface area contributed by atoms with E-state index in [9.17, 15) is 4.79 Å². The summed E-state index contributed by atoms with van der Waals surface area (Å²) >= 11 is 3.41. The fourth-order valence-corrected chi connectivity index (χ4v) is 1.64. The molecule has 90 valence electrons. The largest absolute Gasteiger partial charge is 0.444 e. The topological polar surface area (TPSA) is 38.8 Å². The number of carbonyl (C=O) groups excluding carboxylic acids is 1. The highest BCUT2D eigenvalue weighted by Gasteiger charge is 2.20. The number of carbonyl (C=O) groups is 1. The molecular weight excluding hydrogens is 262 g/mol. The van der Waals surface area contributed by atoms with Crippen LogP contribution in [0.2, 0.25) is 0 Å². The summed E-state index contributed by atoms with van der Waals surface area (Å²) in [6.45, 7) is 6.66. The minimum atomic E-state index is -0.450. The van der Waals surface area contributed by atoms with Crippen LogP contribution in [0, 0.1) is 0 Å². The molecule has 0 heterocycles. The molecule has 0 spiro atoms. The van der Waals surface area contributed by atoms with Gasteiger partial charge in [-0.1, -0.05) is 15.9 Å². The Balaban J connectivity index is 3.99. The Bertz CT molecular complexity index is 203. The summed E-state index contributed by atoms with van der Waals surface area (Å²) in [7, 11) is 3.33. The van der Waals surface area contributed by atoms with Crippen molar-refractivity contribution in [1.29, 1.82) is 0 Å². The van der Waals surface area contributed by atoms with Crippen LogP contribution in [-0.4, -0.2) is 48.7 Å². The number of hydrogen-bond donors (Lipinski definition) is 0. The Kier molecular flexibility index (Phi) is 6.20. The maximum atomic E-state index is 11.5. The molecule has 0 unspecified atom stereocenters. The van der Waals surface area contributed by atoms with E-state index in [4.69, 9.17) is 9.47 Å². The Morgan fingerprint density at radius 3 is 2.40 bits per heavy atom. The number of halogens is 1. The summed E-state index contributed by atoms with van der Waals surface area (Å²) in [6.07, 6.45) is -0.317. The lowest BCUT2D eigenvalue weighted by molar-refractivity contribution is 0.0291. The average molecular weight is 282 g/mol. The molecule has 1 atom stereocenters. The van der Waals surface area contributed by atoms with Crippen LogP contribution >= 0.6 is 15.9 Å². The van der Waals surface area contributed by atoms with E-state index in [1.165, 1.54) is 4.90 Å². The van der Waals surface area contributed by atoms with E-state index in [-0.39, 0.29) is 10.9 Å². The van der Waals surface area contributed by atoms with Crippen LogP contribution in [-0.2, 0) is 9.47 Å². The average Bonchev–Trinajstić information content (AvgIpc) is 2.00. The number of ether oxygens (including phenoxy) is 2. The Hall–Kier alpha value is -0.290. The molecular formula is C10H20BrNO3. The molecule has 4 nitrogen and oxygen atoms in total. The van der Waals surface area contributed by atoms with Gasteiger partial charge < -0.3 is 14.4 Å². The number of alkyl halides is 1. The predicted molar refractivity (Wildman–Crippen MR) is 63.5 cm³/mol. The van der Waals surface area contributed by atoms with Gasteiger partial charge in [0.25, 0.3) is 0 Å². The highest BCUT2D eigenvalue weighted by Crippen LogP contribution is 2.10. The van der Waals surface area contributed by atoms with E-state index in [0.717, 1.165) is 0 Å². The SMILES string of the molecule is COC[C@@H](Br)CN(C)C(=O)OC(C)(C)C. The van der Waals surface area contributed by atoms with Gasteiger partial charge >= 0.3 is 6.09 Å². The summed E-state index contributed by atoms with van der Waals surface area (Å²) in [5, 5.41) is 0. The molecule has 0 bridgehead atoms. The lowest BCUT2D eigenvalue weighted by atomic mass is 10.2. The number of methoxy groups -OCH3 is 1. The number of hydrogen-bond acceptors (Lipinski definition) is 3. The van der Waals surface area contributed by atoms with Crippen molar-refractivity contribution >= 4 is 22.0 Å². The summed E-state index contributed by atoms with van der Waals surface area (Å²) in [4.78, 5) is 13.2. The first-order valence-electron chi connectivity index (χ1n) is 4.83. The quantitative estimate of drug-likeness (QED) is 0.742. The number of rotatable bonds is 4. The first kappa shape index (κ1) is 14.7. The van der Waals surface area contributed by atoms with Crippen molar-refractivity contribution in [3.05, 3.63) is 0 Å². The molecule has 0 aliphatic carbocycles. The normalized spacial score (nSPS) is 13.5. The molecule has 0 aromatic carbocycles. The first-order chi connectivity index (χ1) is 6.76. The molecule has 0 aromatic heterocycles. The second-order valence-corrected chi connectivity index (χ2v) is 5.71. The first-order valence-corrected chi connectivity index (χ1v) is 5.75. The zero-order valence-electron chi connectivity index (χ0n) is 10.0. The zero-order valence-corrected chi connectivity index (χ0v) is 11.6. The fraction of sp³-hybridized carbons (Fsp3) is 0.900. The minimum absolute atomic E-state index is 0.125. The smallest absolute Gasteiger partial charge is 0.410 e. The molecule has 5 heteroatoms. The van der Waals surface area contributed by atoms with Crippen LogP contribution in [0.1, 0.15) is 20.8 Å². The second kappa shape index (κ2) is 6.33. The van der Waals surface area contributed by atoms with Crippen molar-refractivity contribution < 1.29 is 14.3 Å². The minimum Gasteiger partial charge on any atom is -0.444 e.